The van der Waals surface area contributed by atoms with Crippen LogP contribution in [-0.4, -0.2) is 24.2 Å². The van der Waals surface area contributed by atoms with E-state index in [2.05, 4.69) is 66.0 Å². The van der Waals surface area contributed by atoms with E-state index in [4.69, 9.17) is 0 Å². The average molecular weight is 457 g/mol. The molecule has 2 saturated carbocycles. The van der Waals surface area contributed by atoms with Gasteiger partial charge in [-0.1, -0.05) is 55.4 Å². The highest BCUT2D eigenvalue weighted by Crippen LogP contribution is 2.51. The summed E-state index contributed by atoms with van der Waals surface area (Å²) in [5, 5.41) is 8.54. The second kappa shape index (κ2) is 9.42. The molecule has 2 heteroatoms. The highest BCUT2D eigenvalue weighted by Gasteiger charge is 2.49. The normalized spacial score (nSPS) is 57.2. The molecule has 3 saturated heterocycles. The first-order chi connectivity index (χ1) is 15.6. The molecule has 8 bridgehead atoms. The van der Waals surface area contributed by atoms with Gasteiger partial charge in [0.2, 0.25) is 0 Å². The van der Waals surface area contributed by atoms with Crippen molar-refractivity contribution in [2.24, 2.45) is 71.0 Å². The van der Waals surface area contributed by atoms with E-state index in [1.54, 1.807) is 0 Å². The topological polar surface area (TPSA) is 24.1 Å². The van der Waals surface area contributed by atoms with Crippen LogP contribution in [0.3, 0.4) is 0 Å². The van der Waals surface area contributed by atoms with Crippen LogP contribution in [-0.2, 0) is 0 Å². The van der Waals surface area contributed by atoms with Gasteiger partial charge in [0, 0.05) is 24.2 Å². The second-order valence-electron chi connectivity index (χ2n) is 14.6. The number of nitrogens with one attached hydrogen (secondary N) is 2. The molecule has 3 heterocycles. The van der Waals surface area contributed by atoms with Crippen molar-refractivity contribution in [3.05, 3.63) is 0 Å². The molecule has 2 nitrogen and oxygen atoms in total. The highest BCUT2D eigenvalue weighted by atomic mass is 15.0. The summed E-state index contributed by atoms with van der Waals surface area (Å²) in [5.74, 6) is 10.6. The molecule has 15 unspecified atom stereocenters. The van der Waals surface area contributed by atoms with Gasteiger partial charge >= 0.3 is 0 Å². The molecule has 3 aliphatic heterocycles. The van der Waals surface area contributed by atoms with Crippen LogP contribution >= 0.6 is 0 Å². The number of hydrogen-bond acceptors (Lipinski definition) is 2. The highest BCUT2D eigenvalue weighted by molar-refractivity contribution is 5.03. The van der Waals surface area contributed by atoms with E-state index < -0.39 is 0 Å². The maximum absolute atomic E-state index is 4.31. The van der Waals surface area contributed by atoms with Crippen molar-refractivity contribution in [2.45, 2.75) is 125 Å². The summed E-state index contributed by atoms with van der Waals surface area (Å²) in [4.78, 5) is 0. The summed E-state index contributed by atoms with van der Waals surface area (Å²) < 4.78 is 0. The van der Waals surface area contributed by atoms with E-state index in [0.29, 0.717) is 0 Å². The maximum Gasteiger partial charge on any atom is 0.0106 e. The van der Waals surface area contributed by atoms with Crippen molar-refractivity contribution in [1.82, 2.24) is 10.6 Å². The first-order valence-corrected chi connectivity index (χ1v) is 15.2. The molecule has 0 spiro atoms. The van der Waals surface area contributed by atoms with Gasteiger partial charge < -0.3 is 10.6 Å². The molecule has 2 aliphatic carbocycles. The smallest absolute Gasteiger partial charge is 0.0106 e. The van der Waals surface area contributed by atoms with Gasteiger partial charge in [0.1, 0.15) is 0 Å². The fourth-order valence-electron chi connectivity index (χ4n) is 10.3. The Kier molecular flexibility index (Phi) is 7.02. The summed E-state index contributed by atoms with van der Waals surface area (Å²) in [6, 6.07) is 3.01. The largest absolute Gasteiger partial charge is 0.311 e. The number of hydrogen-bond donors (Lipinski definition) is 2. The van der Waals surface area contributed by atoms with Gasteiger partial charge in [-0.2, -0.15) is 0 Å². The zero-order chi connectivity index (χ0) is 23.6. The SMILES string of the molecule is CC(C)C1C2CC3CC(CC3C)CC3NC(CC4CC(CC(N2)C1C)C(C)C4C)C(C)C3C. The molecule has 5 fully saturated rings. The van der Waals surface area contributed by atoms with Crippen LogP contribution in [0, 0.1) is 71.0 Å². The lowest BCUT2D eigenvalue weighted by atomic mass is 9.75. The summed E-state index contributed by atoms with van der Waals surface area (Å²) in [6.45, 7) is 20.5. The quantitative estimate of drug-likeness (QED) is 0.444. The van der Waals surface area contributed by atoms with Crippen molar-refractivity contribution < 1.29 is 0 Å². The van der Waals surface area contributed by atoms with Gasteiger partial charge in [-0.3, -0.25) is 0 Å². The van der Waals surface area contributed by atoms with E-state index in [0.717, 1.165) is 95.2 Å². The van der Waals surface area contributed by atoms with Gasteiger partial charge in [0.15, 0.2) is 0 Å². The molecule has 0 amide bonds. The second-order valence-corrected chi connectivity index (χ2v) is 14.6. The maximum atomic E-state index is 4.31. The Labute approximate surface area is 206 Å². The van der Waals surface area contributed by atoms with E-state index in [1.807, 2.05) is 0 Å². The van der Waals surface area contributed by atoms with E-state index in [9.17, 15) is 0 Å². The van der Waals surface area contributed by atoms with Gasteiger partial charge in [-0.25, -0.2) is 0 Å². The van der Waals surface area contributed by atoms with Gasteiger partial charge in [-0.15, -0.1) is 0 Å². The molecule has 0 aromatic heterocycles. The lowest BCUT2D eigenvalue weighted by Gasteiger charge is -2.29. The summed E-state index contributed by atoms with van der Waals surface area (Å²) in [7, 11) is 0. The third-order valence-electron chi connectivity index (χ3n) is 12.8. The van der Waals surface area contributed by atoms with Crippen LogP contribution in [0.4, 0.5) is 0 Å². The molecule has 2 N–H and O–H groups in total. The van der Waals surface area contributed by atoms with Gasteiger partial charge in [-0.05, 0) is 116 Å². The van der Waals surface area contributed by atoms with Crippen LogP contribution in [0.5, 0.6) is 0 Å². The molecule has 5 rings (SSSR count). The van der Waals surface area contributed by atoms with Crippen LogP contribution < -0.4 is 10.6 Å². The number of fused-ring (bicyclic) bond motifs is 8. The van der Waals surface area contributed by atoms with Crippen LogP contribution in [0.15, 0.2) is 0 Å². The molecule has 0 aromatic rings. The lowest BCUT2D eigenvalue weighted by molar-refractivity contribution is 0.229. The summed E-state index contributed by atoms with van der Waals surface area (Å²) in [6.07, 6.45) is 10.2. The van der Waals surface area contributed by atoms with Crippen LogP contribution in [0.25, 0.3) is 0 Å². The van der Waals surface area contributed by atoms with Gasteiger partial charge in [0.05, 0.1) is 0 Å². The minimum absolute atomic E-state index is 0.745. The molecular weight excluding hydrogens is 400 g/mol. The first-order valence-electron chi connectivity index (χ1n) is 15.2. The predicted molar refractivity (Wildman–Crippen MR) is 141 cm³/mol. The first kappa shape index (κ1) is 24.6. The predicted octanol–water partition coefficient (Wildman–Crippen LogP) is 6.99. The van der Waals surface area contributed by atoms with Crippen molar-refractivity contribution in [2.75, 3.05) is 0 Å². The third-order valence-corrected chi connectivity index (χ3v) is 12.8. The van der Waals surface area contributed by atoms with Gasteiger partial charge in [0.25, 0.3) is 0 Å². The zero-order valence-electron chi connectivity index (χ0n) is 23.2. The minimum atomic E-state index is 0.745. The van der Waals surface area contributed by atoms with E-state index in [1.165, 1.54) is 44.9 Å². The van der Waals surface area contributed by atoms with E-state index >= 15 is 0 Å². The lowest BCUT2D eigenvalue weighted by Crippen LogP contribution is -2.36. The molecule has 0 radical (unpaired) electrons. The minimum Gasteiger partial charge on any atom is -0.311 e. The summed E-state index contributed by atoms with van der Waals surface area (Å²) in [5.41, 5.74) is 0. The zero-order valence-corrected chi connectivity index (χ0v) is 23.2. The Morgan fingerprint density at radius 1 is 0.485 bits per heavy atom. The standard InChI is InChI=1S/C31H56N2/c1-16(2)31-22(8)29-15-26-12-25(18(4)19(26)5)14-28-21(7)20(6)27(32-28)11-23-9-17(3)24(10-23)13-30(31)33-29/h16-33H,9-15H2,1-8H3. The molecule has 15 atom stereocenters. The number of rotatable bonds is 1. The Balaban J connectivity index is 1.41. The third kappa shape index (κ3) is 4.47. The monoisotopic (exact) mass is 456 g/mol. The molecular formula is C31H56N2. The van der Waals surface area contributed by atoms with Crippen LogP contribution in [0.1, 0.15) is 100 Å². The van der Waals surface area contributed by atoms with E-state index in [-0.39, 0.29) is 0 Å². The van der Waals surface area contributed by atoms with Crippen molar-refractivity contribution >= 4 is 0 Å². The summed E-state index contributed by atoms with van der Waals surface area (Å²) >= 11 is 0. The Hall–Kier alpha value is -0.0800. The van der Waals surface area contributed by atoms with Crippen molar-refractivity contribution in [3.8, 4) is 0 Å². The Morgan fingerprint density at radius 3 is 1.61 bits per heavy atom. The van der Waals surface area contributed by atoms with Crippen molar-refractivity contribution in [3.63, 3.8) is 0 Å². The Bertz CT molecular complexity index is 674. The van der Waals surface area contributed by atoms with Crippen molar-refractivity contribution in [1.29, 1.82) is 0 Å². The fourth-order valence-corrected chi connectivity index (χ4v) is 10.3. The average Bonchev–Trinajstić information content (AvgIpc) is 3.41. The Morgan fingerprint density at radius 2 is 1.00 bits per heavy atom. The molecule has 5 aliphatic rings. The molecule has 0 aromatic carbocycles. The fraction of sp³-hybridized carbons (Fsp3) is 1.00. The molecule has 190 valence electrons. The molecule has 33 heavy (non-hydrogen) atoms. The van der Waals surface area contributed by atoms with Crippen LogP contribution in [0.2, 0.25) is 0 Å².